The monoisotopic (exact) mass is 330 g/mol. The highest BCUT2D eigenvalue weighted by molar-refractivity contribution is 7.09. The maximum atomic E-state index is 12.7. The number of carbonyl (C=O) groups is 1. The van der Waals surface area contributed by atoms with Crippen LogP contribution in [-0.2, 0) is 11.2 Å². The minimum Gasteiger partial charge on any atom is -0.497 e. The summed E-state index contributed by atoms with van der Waals surface area (Å²) in [5.74, 6) is 1.09. The highest BCUT2D eigenvalue weighted by atomic mass is 32.1. The van der Waals surface area contributed by atoms with Gasteiger partial charge in [-0.25, -0.2) is 4.98 Å². The van der Waals surface area contributed by atoms with Crippen LogP contribution in [0.25, 0.3) is 0 Å². The van der Waals surface area contributed by atoms with Crippen LogP contribution in [0.15, 0.2) is 29.8 Å². The summed E-state index contributed by atoms with van der Waals surface area (Å²) in [5, 5.41) is 0. The van der Waals surface area contributed by atoms with Gasteiger partial charge < -0.3 is 9.64 Å². The normalized spacial score (nSPS) is 17.5. The number of aryl methyl sites for hydroxylation is 2. The van der Waals surface area contributed by atoms with E-state index in [1.54, 1.807) is 18.4 Å². The maximum Gasteiger partial charge on any atom is 0.223 e. The standard InChI is InChI=1S/C18H22N2O2S/c1-13-17(23-12-19-13)8-9-18(21)20-10-4-7-16(20)14-5-3-6-15(11-14)22-2/h3,5-6,11-12,16H,4,7-10H2,1-2H3/t16-/m1/s1. The number of carbonyl (C=O) groups excluding carboxylic acids is 1. The Balaban J connectivity index is 1.68. The van der Waals surface area contributed by atoms with E-state index in [-0.39, 0.29) is 11.9 Å². The van der Waals surface area contributed by atoms with Gasteiger partial charge in [-0.15, -0.1) is 11.3 Å². The van der Waals surface area contributed by atoms with Gasteiger partial charge in [0.15, 0.2) is 0 Å². The van der Waals surface area contributed by atoms with Crippen LogP contribution in [0.3, 0.4) is 0 Å². The second-order valence-electron chi connectivity index (χ2n) is 5.88. The molecule has 2 aromatic rings. The second kappa shape index (κ2) is 7.13. The number of benzene rings is 1. The van der Waals surface area contributed by atoms with E-state index in [0.717, 1.165) is 37.3 Å². The van der Waals surface area contributed by atoms with Crippen molar-refractivity contribution in [3.05, 3.63) is 45.9 Å². The molecular weight excluding hydrogens is 308 g/mol. The molecule has 23 heavy (non-hydrogen) atoms. The number of likely N-dealkylation sites (tertiary alicyclic amines) is 1. The predicted octanol–water partition coefficient (Wildman–Crippen LogP) is 3.76. The zero-order chi connectivity index (χ0) is 16.2. The maximum absolute atomic E-state index is 12.7. The van der Waals surface area contributed by atoms with Crippen molar-refractivity contribution < 1.29 is 9.53 Å². The zero-order valence-electron chi connectivity index (χ0n) is 13.6. The first-order chi connectivity index (χ1) is 11.2. The molecule has 0 spiro atoms. The summed E-state index contributed by atoms with van der Waals surface area (Å²) >= 11 is 1.64. The Bertz CT molecular complexity index is 683. The number of ether oxygens (including phenoxy) is 1. The van der Waals surface area contributed by atoms with Crippen molar-refractivity contribution in [3.8, 4) is 5.75 Å². The van der Waals surface area contributed by atoms with Gasteiger partial charge in [0.25, 0.3) is 0 Å². The number of hydrogen-bond acceptors (Lipinski definition) is 4. The molecule has 0 aliphatic carbocycles. The van der Waals surface area contributed by atoms with E-state index in [4.69, 9.17) is 4.74 Å². The molecule has 1 aromatic carbocycles. The van der Waals surface area contributed by atoms with Crippen molar-refractivity contribution in [2.45, 2.75) is 38.6 Å². The lowest BCUT2D eigenvalue weighted by Crippen LogP contribution is -2.30. The molecule has 0 saturated carbocycles. The van der Waals surface area contributed by atoms with E-state index in [1.807, 2.05) is 35.5 Å². The van der Waals surface area contributed by atoms with Crippen LogP contribution in [0.4, 0.5) is 0 Å². The summed E-state index contributed by atoms with van der Waals surface area (Å²) in [5.41, 5.74) is 4.07. The van der Waals surface area contributed by atoms with Crippen molar-refractivity contribution >= 4 is 17.2 Å². The summed E-state index contributed by atoms with van der Waals surface area (Å²) in [6.45, 7) is 2.85. The topological polar surface area (TPSA) is 42.4 Å². The van der Waals surface area contributed by atoms with Gasteiger partial charge in [0, 0.05) is 17.8 Å². The van der Waals surface area contributed by atoms with Gasteiger partial charge in [-0.2, -0.15) is 0 Å². The highest BCUT2D eigenvalue weighted by Gasteiger charge is 2.29. The van der Waals surface area contributed by atoms with E-state index in [9.17, 15) is 4.79 Å². The van der Waals surface area contributed by atoms with Crippen LogP contribution >= 0.6 is 11.3 Å². The number of nitrogens with zero attached hydrogens (tertiary/aromatic N) is 2. The number of rotatable bonds is 5. The van der Waals surface area contributed by atoms with Crippen molar-refractivity contribution in [1.82, 2.24) is 9.88 Å². The van der Waals surface area contributed by atoms with Gasteiger partial charge in [-0.3, -0.25) is 4.79 Å². The SMILES string of the molecule is COc1cccc([C@H]2CCCN2C(=O)CCc2scnc2C)c1. The van der Waals surface area contributed by atoms with Crippen LogP contribution in [0, 0.1) is 6.92 Å². The molecule has 5 heteroatoms. The Morgan fingerprint density at radius 2 is 2.35 bits per heavy atom. The Hall–Kier alpha value is -1.88. The molecule has 1 atom stereocenters. The average molecular weight is 330 g/mol. The molecule has 0 radical (unpaired) electrons. The van der Waals surface area contributed by atoms with E-state index in [2.05, 4.69) is 11.1 Å². The summed E-state index contributed by atoms with van der Waals surface area (Å²) in [6, 6.07) is 8.25. The molecule has 1 amide bonds. The van der Waals surface area contributed by atoms with Gasteiger partial charge in [0.05, 0.1) is 24.4 Å². The summed E-state index contributed by atoms with van der Waals surface area (Å²) < 4.78 is 5.31. The molecule has 122 valence electrons. The fourth-order valence-corrected chi connectivity index (χ4v) is 3.97. The molecule has 4 nitrogen and oxygen atoms in total. The molecular formula is C18H22N2O2S. The Labute approximate surface area is 141 Å². The minimum absolute atomic E-state index is 0.181. The van der Waals surface area contributed by atoms with Crippen molar-refractivity contribution in [2.75, 3.05) is 13.7 Å². The molecule has 0 bridgehead atoms. The van der Waals surface area contributed by atoms with Crippen molar-refractivity contribution in [2.24, 2.45) is 0 Å². The van der Waals surface area contributed by atoms with E-state index in [0.29, 0.717) is 6.42 Å². The molecule has 1 saturated heterocycles. The predicted molar refractivity (Wildman–Crippen MR) is 91.9 cm³/mol. The highest BCUT2D eigenvalue weighted by Crippen LogP contribution is 2.34. The van der Waals surface area contributed by atoms with E-state index >= 15 is 0 Å². The molecule has 1 aromatic heterocycles. The lowest BCUT2D eigenvalue weighted by atomic mass is 10.0. The number of methoxy groups -OCH3 is 1. The molecule has 3 rings (SSSR count). The smallest absolute Gasteiger partial charge is 0.223 e. The lowest BCUT2D eigenvalue weighted by molar-refractivity contribution is -0.132. The van der Waals surface area contributed by atoms with Crippen molar-refractivity contribution in [1.29, 1.82) is 0 Å². The van der Waals surface area contributed by atoms with Crippen LogP contribution in [0.1, 0.15) is 41.4 Å². The summed E-state index contributed by atoms with van der Waals surface area (Å²) in [6.07, 6.45) is 3.44. The third-order valence-corrected chi connectivity index (χ3v) is 5.46. The third kappa shape index (κ3) is 3.55. The molecule has 0 N–H and O–H groups in total. The molecule has 2 heterocycles. The van der Waals surface area contributed by atoms with Gasteiger partial charge >= 0.3 is 0 Å². The zero-order valence-corrected chi connectivity index (χ0v) is 14.4. The van der Waals surface area contributed by atoms with Crippen LogP contribution in [0.5, 0.6) is 5.75 Å². The quantitative estimate of drug-likeness (QED) is 0.838. The Morgan fingerprint density at radius 3 is 3.09 bits per heavy atom. The second-order valence-corrected chi connectivity index (χ2v) is 6.82. The number of thiazole rings is 1. The van der Waals surface area contributed by atoms with Gasteiger partial charge in [-0.05, 0) is 43.9 Å². The van der Waals surface area contributed by atoms with Crippen molar-refractivity contribution in [3.63, 3.8) is 0 Å². The number of amides is 1. The molecule has 1 fully saturated rings. The first-order valence-corrected chi connectivity index (χ1v) is 8.89. The Kier molecular flexibility index (Phi) is 4.96. The average Bonchev–Trinajstić information content (AvgIpc) is 3.21. The summed E-state index contributed by atoms with van der Waals surface area (Å²) in [4.78, 5) is 20.2. The molecule has 0 unspecified atom stereocenters. The van der Waals surface area contributed by atoms with Crippen LogP contribution in [-0.4, -0.2) is 29.4 Å². The fraction of sp³-hybridized carbons (Fsp3) is 0.444. The number of hydrogen-bond donors (Lipinski definition) is 0. The molecule has 1 aliphatic heterocycles. The fourth-order valence-electron chi connectivity index (χ4n) is 3.19. The van der Waals surface area contributed by atoms with E-state index in [1.165, 1.54) is 10.4 Å². The van der Waals surface area contributed by atoms with Gasteiger partial charge in [0.1, 0.15) is 5.75 Å². The van der Waals surface area contributed by atoms with E-state index < -0.39 is 0 Å². The Morgan fingerprint density at radius 1 is 1.48 bits per heavy atom. The van der Waals surface area contributed by atoms with Gasteiger partial charge in [0.2, 0.25) is 5.91 Å². The van der Waals surface area contributed by atoms with Crippen LogP contribution in [0.2, 0.25) is 0 Å². The summed E-state index contributed by atoms with van der Waals surface area (Å²) in [7, 11) is 1.67. The first kappa shape index (κ1) is 16.0. The first-order valence-electron chi connectivity index (χ1n) is 8.01. The van der Waals surface area contributed by atoms with Gasteiger partial charge in [-0.1, -0.05) is 12.1 Å². The lowest BCUT2D eigenvalue weighted by Gasteiger charge is -2.25. The third-order valence-electron chi connectivity index (χ3n) is 4.46. The minimum atomic E-state index is 0.181. The molecule has 1 aliphatic rings. The van der Waals surface area contributed by atoms with Crippen LogP contribution < -0.4 is 4.74 Å². The number of aromatic nitrogens is 1. The largest absolute Gasteiger partial charge is 0.497 e.